The largest absolute Gasteiger partial charge is 0.465 e. The van der Waals surface area contributed by atoms with E-state index in [-0.39, 0.29) is 41.7 Å². The molecule has 3 aromatic carbocycles. The minimum atomic E-state index is -4.43. The van der Waals surface area contributed by atoms with Gasteiger partial charge in [-0.3, -0.25) is 10.1 Å². The first-order chi connectivity index (χ1) is 19.0. The molecule has 0 aliphatic carbocycles. The summed E-state index contributed by atoms with van der Waals surface area (Å²) in [6.45, 7) is 3.63. The number of amides is 1. The number of carbonyl (C=O) groups is 1. The summed E-state index contributed by atoms with van der Waals surface area (Å²) in [5, 5.41) is 37.4. The van der Waals surface area contributed by atoms with E-state index in [1.807, 2.05) is 60.7 Å². The number of hydrogen-bond donors (Lipinski definition) is 4. The lowest BCUT2D eigenvalue weighted by molar-refractivity contribution is -0.384. The third-order valence-corrected chi connectivity index (χ3v) is 8.00. The summed E-state index contributed by atoms with van der Waals surface area (Å²) in [5.41, 5.74) is 1.41. The summed E-state index contributed by atoms with van der Waals surface area (Å²) in [7, 11) is -4.43. The van der Waals surface area contributed by atoms with Gasteiger partial charge in [-0.15, -0.1) is 0 Å². The van der Waals surface area contributed by atoms with Crippen LogP contribution in [0.3, 0.4) is 0 Å². The summed E-state index contributed by atoms with van der Waals surface area (Å²) >= 11 is 0. The van der Waals surface area contributed by atoms with Crippen molar-refractivity contribution < 1.29 is 28.3 Å². The third kappa shape index (κ3) is 8.25. The smallest absolute Gasteiger partial charge is 0.406 e. The molecule has 0 heterocycles. The van der Waals surface area contributed by atoms with Crippen molar-refractivity contribution in [3.8, 4) is 0 Å². The second-order valence-electron chi connectivity index (χ2n) is 9.73. The first kappa shape index (κ1) is 30.5. The van der Waals surface area contributed by atoms with E-state index in [1.165, 1.54) is 0 Å². The normalized spacial score (nSPS) is 13.1. The second-order valence-corrected chi connectivity index (χ2v) is 11.6. The molecule has 2 atom stereocenters. The molecule has 0 fully saturated rings. The summed E-state index contributed by atoms with van der Waals surface area (Å²) < 4.78 is 28.8. The van der Waals surface area contributed by atoms with Crippen LogP contribution in [0.15, 0.2) is 83.8 Å². The van der Waals surface area contributed by atoms with Crippen LogP contribution in [0.1, 0.15) is 31.4 Å². The highest BCUT2D eigenvalue weighted by Crippen LogP contribution is 2.31. The zero-order valence-corrected chi connectivity index (χ0v) is 23.1. The molecule has 0 saturated carbocycles. The SMILES string of the molecule is CC(C)CN(C(NC(=O)O)[C@H](O)CCc1ccccc1)S(=O)(=O)c1ccc([N+](=O)[O-])c(NCc2ccccc2)c1. The molecule has 0 spiro atoms. The number of rotatable bonds is 14. The molecule has 3 aromatic rings. The number of aliphatic hydroxyl groups excluding tert-OH is 1. The van der Waals surface area contributed by atoms with Crippen molar-refractivity contribution in [3.05, 3.63) is 100 Å². The number of carboxylic acid groups (broad SMARTS) is 1. The molecule has 0 saturated heterocycles. The predicted octanol–water partition coefficient (Wildman–Crippen LogP) is 4.44. The van der Waals surface area contributed by atoms with E-state index in [0.717, 1.165) is 33.6 Å². The fourth-order valence-corrected chi connectivity index (χ4v) is 5.99. The van der Waals surface area contributed by atoms with Crippen LogP contribution in [-0.4, -0.2) is 52.8 Å². The first-order valence-corrected chi connectivity index (χ1v) is 14.2. The van der Waals surface area contributed by atoms with Crippen molar-refractivity contribution >= 4 is 27.5 Å². The Hall–Kier alpha value is -4.00. The molecule has 0 radical (unpaired) electrons. The van der Waals surface area contributed by atoms with Gasteiger partial charge in [-0.05, 0) is 42.0 Å². The standard InChI is InChI=1S/C28H34N4O7S/c1-20(2)19-31(27(30-28(34)35)26(33)16-13-21-9-5-3-6-10-21)40(38,39)23-14-15-25(32(36)37)24(17-23)29-18-22-11-7-4-8-12-22/h3-12,14-15,17,20,26-27,29-30,33H,13,16,18-19H2,1-2H3,(H,34,35)/t26-,27?/m1/s1. The molecule has 214 valence electrons. The predicted molar refractivity (Wildman–Crippen MR) is 151 cm³/mol. The number of benzene rings is 3. The number of nitrogens with zero attached hydrogens (tertiary/aromatic N) is 2. The number of nitrogens with one attached hydrogen (secondary N) is 2. The monoisotopic (exact) mass is 570 g/mol. The number of anilines is 1. The quantitative estimate of drug-likeness (QED) is 0.126. The average molecular weight is 571 g/mol. The van der Waals surface area contributed by atoms with Crippen LogP contribution < -0.4 is 10.6 Å². The highest BCUT2D eigenvalue weighted by Gasteiger charge is 2.38. The van der Waals surface area contributed by atoms with E-state index in [0.29, 0.717) is 6.42 Å². The number of hydrogen-bond acceptors (Lipinski definition) is 7. The minimum absolute atomic E-state index is 0.00760. The summed E-state index contributed by atoms with van der Waals surface area (Å²) in [4.78, 5) is 22.5. The van der Waals surface area contributed by atoms with Gasteiger partial charge in [-0.1, -0.05) is 74.5 Å². The molecular weight excluding hydrogens is 536 g/mol. The van der Waals surface area contributed by atoms with Gasteiger partial charge in [0.25, 0.3) is 5.69 Å². The number of aliphatic hydroxyl groups is 1. The maximum Gasteiger partial charge on any atom is 0.406 e. The highest BCUT2D eigenvalue weighted by molar-refractivity contribution is 7.89. The number of nitro benzene ring substituents is 1. The van der Waals surface area contributed by atoms with Crippen LogP contribution in [0.4, 0.5) is 16.2 Å². The fourth-order valence-electron chi connectivity index (χ4n) is 4.23. The lowest BCUT2D eigenvalue weighted by atomic mass is 10.0. The van der Waals surface area contributed by atoms with E-state index in [4.69, 9.17) is 0 Å². The zero-order valence-electron chi connectivity index (χ0n) is 22.3. The van der Waals surface area contributed by atoms with Crippen molar-refractivity contribution in [2.24, 2.45) is 5.92 Å². The van der Waals surface area contributed by atoms with E-state index in [9.17, 15) is 33.5 Å². The van der Waals surface area contributed by atoms with Gasteiger partial charge in [0.05, 0.1) is 15.9 Å². The molecule has 0 aromatic heterocycles. The Bertz CT molecular complexity index is 1390. The molecular formula is C28H34N4O7S. The third-order valence-electron chi connectivity index (χ3n) is 6.16. The van der Waals surface area contributed by atoms with E-state index in [1.54, 1.807) is 13.8 Å². The molecule has 0 aliphatic heterocycles. The van der Waals surface area contributed by atoms with Gasteiger partial charge in [-0.25, -0.2) is 13.2 Å². The first-order valence-electron chi connectivity index (χ1n) is 12.8. The van der Waals surface area contributed by atoms with Gasteiger partial charge in [0.15, 0.2) is 0 Å². The van der Waals surface area contributed by atoms with Gasteiger partial charge in [0.2, 0.25) is 10.0 Å². The maximum absolute atomic E-state index is 14.0. The van der Waals surface area contributed by atoms with Crippen molar-refractivity contribution in [2.45, 2.75) is 50.4 Å². The molecule has 3 rings (SSSR count). The number of aryl methyl sites for hydroxylation is 1. The molecule has 0 bridgehead atoms. The van der Waals surface area contributed by atoms with Crippen LogP contribution in [0, 0.1) is 16.0 Å². The lowest BCUT2D eigenvalue weighted by Gasteiger charge is -2.35. The average Bonchev–Trinajstić information content (AvgIpc) is 2.93. The number of nitro groups is 1. The maximum atomic E-state index is 14.0. The van der Waals surface area contributed by atoms with Gasteiger partial charge in [-0.2, -0.15) is 4.31 Å². The molecule has 40 heavy (non-hydrogen) atoms. The lowest BCUT2D eigenvalue weighted by Crippen LogP contribution is -2.57. The van der Waals surface area contributed by atoms with Gasteiger partial charge >= 0.3 is 6.09 Å². The Labute approximate surface area is 233 Å². The van der Waals surface area contributed by atoms with Gasteiger partial charge in [0.1, 0.15) is 11.9 Å². The minimum Gasteiger partial charge on any atom is -0.465 e. The molecule has 4 N–H and O–H groups in total. The van der Waals surface area contributed by atoms with Gasteiger partial charge in [0, 0.05) is 19.2 Å². The van der Waals surface area contributed by atoms with Crippen molar-refractivity contribution in [1.82, 2.24) is 9.62 Å². The zero-order chi connectivity index (χ0) is 29.3. The van der Waals surface area contributed by atoms with Crippen LogP contribution in [0.25, 0.3) is 0 Å². The fraction of sp³-hybridized carbons (Fsp3) is 0.321. The summed E-state index contributed by atoms with van der Waals surface area (Å²) in [6, 6.07) is 21.7. The Balaban J connectivity index is 1.97. The second kappa shape index (κ2) is 13.9. The number of sulfonamides is 1. The molecule has 12 heteroatoms. The van der Waals surface area contributed by atoms with E-state index < -0.39 is 33.3 Å². The van der Waals surface area contributed by atoms with E-state index >= 15 is 0 Å². The van der Waals surface area contributed by atoms with Crippen molar-refractivity contribution in [2.75, 3.05) is 11.9 Å². The van der Waals surface area contributed by atoms with Crippen molar-refractivity contribution in [1.29, 1.82) is 0 Å². The van der Waals surface area contributed by atoms with Crippen LogP contribution in [-0.2, 0) is 23.0 Å². The molecule has 0 aliphatic rings. The Kier molecular flexibility index (Phi) is 10.6. The molecule has 1 amide bonds. The van der Waals surface area contributed by atoms with Crippen LogP contribution in [0.5, 0.6) is 0 Å². The Morgan fingerprint density at radius 1 is 1.00 bits per heavy atom. The summed E-state index contributed by atoms with van der Waals surface area (Å²) in [6.07, 6.45) is -3.89. The molecule has 1 unspecified atom stereocenters. The summed E-state index contributed by atoms with van der Waals surface area (Å²) in [5.74, 6) is -0.233. The van der Waals surface area contributed by atoms with Crippen molar-refractivity contribution in [3.63, 3.8) is 0 Å². The van der Waals surface area contributed by atoms with E-state index in [2.05, 4.69) is 10.6 Å². The Morgan fingerprint density at radius 3 is 2.15 bits per heavy atom. The van der Waals surface area contributed by atoms with Gasteiger partial charge < -0.3 is 20.8 Å². The van der Waals surface area contributed by atoms with Crippen LogP contribution in [0.2, 0.25) is 0 Å². The van der Waals surface area contributed by atoms with Crippen LogP contribution >= 0.6 is 0 Å². The highest BCUT2D eigenvalue weighted by atomic mass is 32.2. The molecule has 11 nitrogen and oxygen atoms in total. The topological polar surface area (TPSA) is 162 Å². The Morgan fingerprint density at radius 2 is 1.60 bits per heavy atom.